The Hall–Kier alpha value is -1.59. The Morgan fingerprint density at radius 1 is 1.45 bits per heavy atom. The second kappa shape index (κ2) is 6.24. The minimum atomic E-state index is -0.143. The third-order valence-electron chi connectivity index (χ3n) is 4.13. The number of nitrogens with zero attached hydrogens (tertiary/aromatic N) is 1. The molecule has 1 aromatic carbocycles. The molecule has 1 aromatic rings. The van der Waals surface area contributed by atoms with Gasteiger partial charge < -0.3 is 15.2 Å². The molecule has 1 fully saturated rings. The van der Waals surface area contributed by atoms with Crippen LogP contribution in [0, 0.1) is 17.0 Å². The number of carbonyl (C=O) groups is 1. The van der Waals surface area contributed by atoms with Crippen molar-refractivity contribution < 1.29 is 14.7 Å². The van der Waals surface area contributed by atoms with Crippen LogP contribution in [0.4, 0.5) is 5.69 Å². The van der Waals surface area contributed by atoms with Crippen molar-refractivity contribution in [1.29, 1.82) is 0 Å². The summed E-state index contributed by atoms with van der Waals surface area (Å²) in [7, 11) is 0. The van der Waals surface area contributed by atoms with Gasteiger partial charge in [0.2, 0.25) is 0 Å². The van der Waals surface area contributed by atoms with Crippen molar-refractivity contribution in [3.8, 4) is 0 Å². The van der Waals surface area contributed by atoms with E-state index in [0.29, 0.717) is 18.4 Å². The molecule has 0 saturated heterocycles. The normalized spacial score (nSPS) is 22.8. The first-order valence-electron chi connectivity index (χ1n) is 6.95. The van der Waals surface area contributed by atoms with Crippen molar-refractivity contribution in [1.82, 2.24) is 0 Å². The first-order valence-corrected chi connectivity index (χ1v) is 6.95. The number of anilines is 1. The molecule has 0 amide bonds. The van der Waals surface area contributed by atoms with Crippen LogP contribution in [0.15, 0.2) is 24.3 Å². The van der Waals surface area contributed by atoms with E-state index in [0.717, 1.165) is 18.4 Å². The Bertz CT molecular complexity index is 451. The molecule has 1 N–H and O–H groups in total. The van der Waals surface area contributed by atoms with Crippen LogP contribution >= 0.6 is 0 Å². The van der Waals surface area contributed by atoms with Gasteiger partial charge >= 0.3 is 5.97 Å². The topological polar surface area (TPSA) is 72.8 Å². The maximum Gasteiger partial charge on any atom is 0.308 e. The predicted octanol–water partition coefficient (Wildman–Crippen LogP) is 3.07. The smallest absolute Gasteiger partial charge is 0.308 e. The molecule has 1 atom stereocenters. The van der Waals surface area contributed by atoms with Gasteiger partial charge in [0.1, 0.15) is 0 Å². The van der Waals surface area contributed by atoms with E-state index in [1.54, 1.807) is 12.1 Å². The van der Waals surface area contributed by atoms with E-state index in [-0.39, 0.29) is 22.8 Å². The average molecular weight is 278 g/mol. The zero-order chi connectivity index (χ0) is 14.7. The molecule has 2 rings (SSSR count). The molecule has 0 bridgehead atoms. The maximum absolute atomic E-state index is 11.6. The summed E-state index contributed by atoms with van der Waals surface area (Å²) in [6.45, 7) is 4.16. The molecule has 5 nitrogen and oxygen atoms in total. The van der Waals surface area contributed by atoms with Gasteiger partial charge in [0.25, 0.3) is 0 Å². The predicted molar refractivity (Wildman–Crippen MR) is 75.3 cm³/mol. The number of carbonyl (C=O) groups excluding carboxylic acids is 1. The molecular formula is C15H20NO4-. The number of ether oxygens (including phenoxy) is 1. The number of benzene rings is 1. The molecule has 1 saturated carbocycles. The van der Waals surface area contributed by atoms with Crippen LogP contribution in [0.2, 0.25) is 0 Å². The lowest BCUT2D eigenvalue weighted by atomic mass is 9.66. The number of esters is 1. The number of hydrogen-bond acceptors (Lipinski definition) is 5. The largest absolute Gasteiger partial charge is 0.733 e. The molecule has 0 heterocycles. The van der Waals surface area contributed by atoms with Crippen LogP contribution in [0.3, 0.4) is 0 Å². The molecule has 0 aromatic heterocycles. The maximum atomic E-state index is 11.6. The minimum Gasteiger partial charge on any atom is -0.733 e. The minimum absolute atomic E-state index is 0.0555. The second-order valence-corrected chi connectivity index (χ2v) is 5.33. The van der Waals surface area contributed by atoms with Crippen LogP contribution < -0.4 is 5.23 Å². The van der Waals surface area contributed by atoms with Crippen molar-refractivity contribution >= 4 is 11.7 Å². The van der Waals surface area contributed by atoms with Crippen molar-refractivity contribution in [3.05, 3.63) is 35.0 Å². The van der Waals surface area contributed by atoms with Gasteiger partial charge in [0.05, 0.1) is 18.2 Å². The Morgan fingerprint density at radius 2 is 2.05 bits per heavy atom. The summed E-state index contributed by atoms with van der Waals surface area (Å²) in [5.41, 5.74) is 1.37. The quantitative estimate of drug-likeness (QED) is 0.662. The summed E-state index contributed by atoms with van der Waals surface area (Å²) < 4.78 is 5.04. The van der Waals surface area contributed by atoms with Crippen molar-refractivity contribution in [2.24, 2.45) is 11.8 Å². The van der Waals surface area contributed by atoms with Crippen LogP contribution in [0.25, 0.3) is 0 Å². The Morgan fingerprint density at radius 3 is 2.55 bits per heavy atom. The van der Waals surface area contributed by atoms with E-state index in [1.807, 2.05) is 26.0 Å². The fourth-order valence-electron chi connectivity index (χ4n) is 2.68. The van der Waals surface area contributed by atoms with Gasteiger partial charge in [-0.15, -0.1) is 0 Å². The van der Waals surface area contributed by atoms with Crippen LogP contribution in [0.5, 0.6) is 0 Å². The van der Waals surface area contributed by atoms with Gasteiger partial charge in [0, 0.05) is 0 Å². The van der Waals surface area contributed by atoms with Gasteiger partial charge in [-0.1, -0.05) is 19.1 Å². The summed E-state index contributed by atoms with van der Waals surface area (Å²) in [5.74, 6) is 0.617. The highest BCUT2D eigenvalue weighted by Gasteiger charge is 2.37. The molecule has 5 heteroatoms. The monoisotopic (exact) mass is 278 g/mol. The molecular weight excluding hydrogens is 258 g/mol. The third kappa shape index (κ3) is 3.11. The highest BCUT2D eigenvalue weighted by Crippen LogP contribution is 2.45. The van der Waals surface area contributed by atoms with Gasteiger partial charge in [-0.25, -0.2) is 0 Å². The number of rotatable bonds is 5. The van der Waals surface area contributed by atoms with E-state index in [2.05, 4.69) is 0 Å². The lowest BCUT2D eigenvalue weighted by Gasteiger charge is -2.38. The summed E-state index contributed by atoms with van der Waals surface area (Å²) in [4.78, 5) is 11.6. The summed E-state index contributed by atoms with van der Waals surface area (Å²) >= 11 is 0. The van der Waals surface area contributed by atoms with E-state index < -0.39 is 0 Å². The van der Waals surface area contributed by atoms with E-state index in [4.69, 9.17) is 9.94 Å². The zero-order valence-electron chi connectivity index (χ0n) is 11.8. The second-order valence-electron chi connectivity index (χ2n) is 5.33. The van der Waals surface area contributed by atoms with Crippen LogP contribution in [-0.2, 0) is 9.53 Å². The Balaban J connectivity index is 1.88. The van der Waals surface area contributed by atoms with E-state index in [9.17, 15) is 10.0 Å². The van der Waals surface area contributed by atoms with Crippen molar-refractivity contribution in [2.45, 2.75) is 32.6 Å². The average Bonchev–Trinajstić information content (AvgIpc) is 2.37. The van der Waals surface area contributed by atoms with Gasteiger partial charge in [-0.05, 0) is 49.3 Å². The van der Waals surface area contributed by atoms with Gasteiger partial charge in [0.15, 0.2) is 0 Å². The first-order chi connectivity index (χ1) is 9.52. The summed E-state index contributed by atoms with van der Waals surface area (Å²) in [5, 5.41) is 19.3. The van der Waals surface area contributed by atoms with E-state index >= 15 is 0 Å². The molecule has 20 heavy (non-hydrogen) atoms. The fraction of sp³-hybridized carbons (Fsp3) is 0.533. The van der Waals surface area contributed by atoms with Gasteiger partial charge in [-0.2, -0.15) is 0 Å². The molecule has 0 radical (unpaired) electrons. The molecule has 1 aliphatic carbocycles. The standard InChI is InChI=1S/C15H20NO4/c1-3-20-15(17)10(2)12-8-13(9-12)11-4-6-14(7-5-11)16(18)19/h4-7,10,12-13,18H,3,8-9H2,1-2H3/q-1. The molecule has 0 spiro atoms. The Labute approximate surface area is 118 Å². The SMILES string of the molecule is CCOC(=O)C(C)C1CC(c2ccc(N([O-])O)cc2)C1. The lowest BCUT2D eigenvalue weighted by Crippen LogP contribution is -2.32. The molecule has 0 aliphatic heterocycles. The van der Waals surface area contributed by atoms with Crippen molar-refractivity contribution in [2.75, 3.05) is 11.8 Å². The van der Waals surface area contributed by atoms with Crippen molar-refractivity contribution in [3.63, 3.8) is 0 Å². The summed E-state index contributed by atoms with van der Waals surface area (Å²) in [6.07, 6.45) is 1.92. The first kappa shape index (κ1) is 14.8. The van der Waals surface area contributed by atoms with E-state index in [1.165, 1.54) is 0 Å². The highest BCUT2D eigenvalue weighted by molar-refractivity contribution is 5.72. The third-order valence-corrected chi connectivity index (χ3v) is 4.13. The molecule has 1 aliphatic rings. The fourth-order valence-corrected chi connectivity index (χ4v) is 2.68. The highest BCUT2D eigenvalue weighted by atomic mass is 16.8. The zero-order valence-corrected chi connectivity index (χ0v) is 11.8. The molecule has 1 unspecified atom stereocenters. The van der Waals surface area contributed by atoms with Gasteiger partial charge in [-0.3, -0.25) is 10.0 Å². The molecule has 110 valence electrons. The number of hydrogen-bond donors (Lipinski definition) is 1. The summed E-state index contributed by atoms with van der Waals surface area (Å²) in [6, 6.07) is 6.91. The van der Waals surface area contributed by atoms with Crippen LogP contribution in [0.1, 0.15) is 38.2 Å². The Kier molecular flexibility index (Phi) is 4.62. The lowest BCUT2D eigenvalue weighted by molar-refractivity contribution is -0.150. The van der Waals surface area contributed by atoms with Crippen LogP contribution in [-0.4, -0.2) is 17.8 Å².